The third-order valence-corrected chi connectivity index (χ3v) is 2.72. The average Bonchev–Trinajstić information content (AvgIpc) is 2.24. The summed E-state index contributed by atoms with van der Waals surface area (Å²) >= 11 is 5.68. The Hall–Kier alpha value is -0.670. The first-order valence-corrected chi connectivity index (χ1v) is 6.06. The van der Waals surface area contributed by atoms with Crippen LogP contribution in [0.2, 0.25) is 0 Å². The fourth-order valence-corrected chi connectivity index (χ4v) is 1.68. The van der Waals surface area contributed by atoms with E-state index >= 15 is 0 Å². The molecule has 0 atom stereocenters. The lowest BCUT2D eigenvalue weighted by Gasteiger charge is -2.26. The molecule has 2 nitrogen and oxygen atoms in total. The van der Waals surface area contributed by atoms with E-state index in [2.05, 4.69) is 23.7 Å². The quantitative estimate of drug-likeness (QED) is 0.715. The van der Waals surface area contributed by atoms with Gasteiger partial charge < -0.3 is 0 Å². The summed E-state index contributed by atoms with van der Waals surface area (Å²) in [6.45, 7) is 5.90. The SMILES string of the molecule is CC(C)N(CCCCl)Cc1cncc(F)c1. The molecule has 0 aliphatic carbocycles. The Morgan fingerprint density at radius 2 is 2.19 bits per heavy atom. The van der Waals surface area contributed by atoms with Crippen LogP contribution in [0.1, 0.15) is 25.8 Å². The van der Waals surface area contributed by atoms with E-state index in [4.69, 9.17) is 11.6 Å². The van der Waals surface area contributed by atoms with Gasteiger partial charge in [0.1, 0.15) is 5.82 Å². The molecule has 0 saturated heterocycles. The standard InChI is InChI=1S/C12H18ClFN2/c1-10(2)16(5-3-4-13)9-11-6-12(14)8-15-7-11/h6-8,10H,3-5,9H2,1-2H3. The first-order valence-electron chi connectivity index (χ1n) is 5.53. The Labute approximate surface area is 101 Å². The molecule has 4 heteroatoms. The first kappa shape index (κ1) is 13.4. The second-order valence-electron chi connectivity index (χ2n) is 4.12. The summed E-state index contributed by atoms with van der Waals surface area (Å²) in [6.07, 6.45) is 3.88. The summed E-state index contributed by atoms with van der Waals surface area (Å²) < 4.78 is 13.0. The number of rotatable bonds is 6. The van der Waals surface area contributed by atoms with E-state index < -0.39 is 0 Å². The van der Waals surface area contributed by atoms with Gasteiger partial charge in [-0.1, -0.05) is 0 Å². The molecule has 0 aliphatic heterocycles. The van der Waals surface area contributed by atoms with Gasteiger partial charge >= 0.3 is 0 Å². The maximum absolute atomic E-state index is 13.0. The normalized spacial score (nSPS) is 11.4. The molecule has 0 fully saturated rings. The van der Waals surface area contributed by atoms with E-state index in [9.17, 15) is 4.39 Å². The number of alkyl halides is 1. The molecule has 1 aromatic rings. The highest BCUT2D eigenvalue weighted by Gasteiger charge is 2.10. The van der Waals surface area contributed by atoms with Gasteiger partial charge in [-0.25, -0.2) is 4.39 Å². The third kappa shape index (κ3) is 4.45. The van der Waals surface area contributed by atoms with E-state index in [1.807, 2.05) is 0 Å². The molecule has 90 valence electrons. The number of pyridine rings is 1. The van der Waals surface area contributed by atoms with Gasteiger partial charge in [-0.3, -0.25) is 9.88 Å². The predicted molar refractivity (Wildman–Crippen MR) is 65.1 cm³/mol. The van der Waals surface area contributed by atoms with E-state index in [1.165, 1.54) is 12.3 Å². The summed E-state index contributed by atoms with van der Waals surface area (Å²) in [5, 5.41) is 0. The second-order valence-corrected chi connectivity index (χ2v) is 4.50. The van der Waals surface area contributed by atoms with Gasteiger partial charge in [-0.05, 0) is 38.4 Å². The molecule has 16 heavy (non-hydrogen) atoms. The fraction of sp³-hybridized carbons (Fsp3) is 0.583. The van der Waals surface area contributed by atoms with Crippen LogP contribution >= 0.6 is 11.6 Å². The first-order chi connectivity index (χ1) is 7.63. The number of halogens is 2. The van der Waals surface area contributed by atoms with Gasteiger partial charge in [0.2, 0.25) is 0 Å². The van der Waals surface area contributed by atoms with Crippen LogP contribution in [0.25, 0.3) is 0 Å². The Kier molecular flexibility index (Phi) is 5.71. The minimum atomic E-state index is -0.279. The highest BCUT2D eigenvalue weighted by atomic mass is 35.5. The molecule has 0 aromatic carbocycles. The molecule has 1 aromatic heterocycles. The molecule has 0 amide bonds. The van der Waals surface area contributed by atoms with Gasteiger partial charge in [0.25, 0.3) is 0 Å². The van der Waals surface area contributed by atoms with Crippen molar-refractivity contribution in [1.82, 2.24) is 9.88 Å². The van der Waals surface area contributed by atoms with E-state index in [1.54, 1.807) is 6.20 Å². The highest BCUT2D eigenvalue weighted by molar-refractivity contribution is 6.17. The molecule has 0 unspecified atom stereocenters. The summed E-state index contributed by atoms with van der Waals surface area (Å²) in [5.74, 6) is 0.378. The predicted octanol–water partition coefficient (Wildman–Crippen LogP) is 3.06. The molecule has 1 rings (SSSR count). The van der Waals surface area contributed by atoms with Crippen molar-refractivity contribution < 1.29 is 4.39 Å². The number of hydrogen-bond donors (Lipinski definition) is 0. The Balaban J connectivity index is 2.60. The summed E-state index contributed by atoms with van der Waals surface area (Å²) in [4.78, 5) is 6.11. The van der Waals surface area contributed by atoms with Crippen LogP contribution in [0.15, 0.2) is 18.5 Å². The van der Waals surface area contributed by atoms with Crippen LogP contribution in [0.3, 0.4) is 0 Å². The Morgan fingerprint density at radius 1 is 1.44 bits per heavy atom. The van der Waals surface area contributed by atoms with Gasteiger partial charge in [-0.15, -0.1) is 11.6 Å². The smallest absolute Gasteiger partial charge is 0.141 e. The molecule has 0 spiro atoms. The summed E-state index contributed by atoms with van der Waals surface area (Å²) in [5.41, 5.74) is 0.906. The average molecular weight is 245 g/mol. The topological polar surface area (TPSA) is 16.1 Å². The largest absolute Gasteiger partial charge is 0.297 e. The molecule has 0 aliphatic rings. The lowest BCUT2D eigenvalue weighted by atomic mass is 10.2. The van der Waals surface area contributed by atoms with Crippen molar-refractivity contribution >= 4 is 11.6 Å². The van der Waals surface area contributed by atoms with Crippen LogP contribution < -0.4 is 0 Å². The summed E-state index contributed by atoms with van der Waals surface area (Å²) in [7, 11) is 0. The van der Waals surface area contributed by atoms with Crippen molar-refractivity contribution in [2.45, 2.75) is 32.9 Å². The second kappa shape index (κ2) is 6.81. The van der Waals surface area contributed by atoms with Crippen molar-refractivity contribution in [2.75, 3.05) is 12.4 Å². The van der Waals surface area contributed by atoms with Crippen molar-refractivity contribution in [3.63, 3.8) is 0 Å². The number of aromatic nitrogens is 1. The monoisotopic (exact) mass is 244 g/mol. The lowest BCUT2D eigenvalue weighted by Crippen LogP contribution is -2.31. The maximum Gasteiger partial charge on any atom is 0.141 e. The zero-order valence-electron chi connectivity index (χ0n) is 9.79. The fourth-order valence-electron chi connectivity index (χ4n) is 1.56. The van der Waals surface area contributed by atoms with Gasteiger partial charge in [0, 0.05) is 24.7 Å². The van der Waals surface area contributed by atoms with Crippen LogP contribution in [0.5, 0.6) is 0 Å². The zero-order valence-corrected chi connectivity index (χ0v) is 10.5. The molecule has 0 saturated carbocycles. The third-order valence-electron chi connectivity index (χ3n) is 2.46. The number of nitrogens with zero attached hydrogens (tertiary/aromatic N) is 2. The van der Waals surface area contributed by atoms with Gasteiger partial charge in [0.15, 0.2) is 0 Å². The van der Waals surface area contributed by atoms with Crippen molar-refractivity contribution in [2.24, 2.45) is 0 Å². The highest BCUT2D eigenvalue weighted by Crippen LogP contribution is 2.09. The molecule has 0 N–H and O–H groups in total. The maximum atomic E-state index is 13.0. The molecular formula is C12H18ClFN2. The van der Waals surface area contributed by atoms with Crippen LogP contribution in [0.4, 0.5) is 4.39 Å². The number of hydrogen-bond acceptors (Lipinski definition) is 2. The zero-order chi connectivity index (χ0) is 12.0. The molecule has 0 bridgehead atoms. The van der Waals surface area contributed by atoms with Crippen LogP contribution in [-0.4, -0.2) is 28.4 Å². The van der Waals surface area contributed by atoms with Gasteiger partial charge in [-0.2, -0.15) is 0 Å². The van der Waals surface area contributed by atoms with E-state index in [0.29, 0.717) is 11.9 Å². The Bertz CT molecular complexity index is 318. The minimum absolute atomic E-state index is 0.279. The van der Waals surface area contributed by atoms with E-state index in [-0.39, 0.29) is 5.82 Å². The molecular weight excluding hydrogens is 227 g/mol. The summed E-state index contributed by atoms with van der Waals surface area (Å²) in [6, 6.07) is 1.95. The van der Waals surface area contributed by atoms with E-state index in [0.717, 1.165) is 25.1 Å². The molecule has 1 heterocycles. The van der Waals surface area contributed by atoms with Crippen LogP contribution in [-0.2, 0) is 6.54 Å². The van der Waals surface area contributed by atoms with Crippen molar-refractivity contribution in [3.8, 4) is 0 Å². The van der Waals surface area contributed by atoms with Crippen molar-refractivity contribution in [3.05, 3.63) is 29.8 Å². The molecule has 0 radical (unpaired) electrons. The Morgan fingerprint density at radius 3 is 2.75 bits per heavy atom. The lowest BCUT2D eigenvalue weighted by molar-refractivity contribution is 0.213. The minimum Gasteiger partial charge on any atom is -0.297 e. The van der Waals surface area contributed by atoms with Gasteiger partial charge in [0.05, 0.1) is 6.20 Å². The van der Waals surface area contributed by atoms with Crippen LogP contribution in [0, 0.1) is 5.82 Å². The van der Waals surface area contributed by atoms with Crippen molar-refractivity contribution in [1.29, 1.82) is 0 Å².